The molecule has 20 heavy (non-hydrogen) atoms. The van der Waals surface area contributed by atoms with Gasteiger partial charge >= 0.3 is 0 Å². The van der Waals surface area contributed by atoms with Crippen molar-refractivity contribution in [2.24, 2.45) is 0 Å². The lowest BCUT2D eigenvalue weighted by atomic mass is 9.91. The highest BCUT2D eigenvalue weighted by molar-refractivity contribution is 8.02. The van der Waals surface area contributed by atoms with Crippen LogP contribution in [-0.2, 0) is 4.79 Å². The average Bonchev–Trinajstić information content (AvgIpc) is 2.52. The maximum absolute atomic E-state index is 12.5. The summed E-state index contributed by atoms with van der Waals surface area (Å²) in [6, 6.07) is 19.5. The summed E-state index contributed by atoms with van der Waals surface area (Å²) in [6.45, 7) is 0. The number of carbonyl (C=O) groups excluding carboxylic acids is 1. The molecule has 1 amide bonds. The number of thioether (sulfide) groups is 1. The van der Waals surface area contributed by atoms with Crippen molar-refractivity contribution in [2.45, 2.75) is 10.2 Å². The molecule has 1 saturated heterocycles. The smallest absolute Gasteiger partial charge is 0.261 e. The van der Waals surface area contributed by atoms with E-state index in [0.717, 1.165) is 11.3 Å². The van der Waals surface area contributed by atoms with E-state index in [2.05, 4.69) is 0 Å². The Bertz CT molecular complexity index is 619. The Balaban J connectivity index is 2.05. The van der Waals surface area contributed by atoms with Gasteiger partial charge < -0.3 is 0 Å². The van der Waals surface area contributed by atoms with Gasteiger partial charge in [0.2, 0.25) is 0 Å². The number of halogens is 1. The van der Waals surface area contributed by atoms with Gasteiger partial charge in [0.25, 0.3) is 5.91 Å². The average molecular weight is 304 g/mol. The van der Waals surface area contributed by atoms with E-state index < -0.39 is 4.21 Å². The van der Waals surface area contributed by atoms with Crippen LogP contribution < -0.4 is 4.90 Å². The Kier molecular flexibility index (Phi) is 3.48. The van der Waals surface area contributed by atoms with E-state index in [4.69, 9.17) is 11.6 Å². The summed E-state index contributed by atoms with van der Waals surface area (Å²) in [5.74, 6) is -0.0493. The minimum atomic E-state index is -0.906. The third-order valence-electron chi connectivity index (χ3n) is 3.57. The molecule has 0 saturated carbocycles. The molecule has 0 N–H and O–H groups in total. The Morgan fingerprint density at radius 1 is 1.05 bits per heavy atom. The van der Waals surface area contributed by atoms with E-state index >= 15 is 0 Å². The van der Waals surface area contributed by atoms with Crippen LogP contribution in [-0.4, -0.2) is 16.4 Å². The predicted molar refractivity (Wildman–Crippen MR) is 85.2 cm³/mol. The lowest BCUT2D eigenvalue weighted by Gasteiger charge is -2.51. The molecule has 1 heterocycles. The Labute approximate surface area is 127 Å². The van der Waals surface area contributed by atoms with Gasteiger partial charge in [0.1, 0.15) is 0 Å². The SMILES string of the molecule is CS[C@]1(Cl)C(=O)N(c2ccccc2)[C@@H]1c1ccccc1. The lowest BCUT2D eigenvalue weighted by molar-refractivity contribution is -0.125. The first kappa shape index (κ1) is 13.5. The molecule has 2 nitrogen and oxygen atoms in total. The molecule has 3 rings (SSSR count). The summed E-state index contributed by atoms with van der Waals surface area (Å²) in [7, 11) is 0. The molecule has 2 aromatic rings. The van der Waals surface area contributed by atoms with Crippen LogP contribution >= 0.6 is 23.4 Å². The van der Waals surface area contributed by atoms with Gasteiger partial charge in [-0.1, -0.05) is 60.1 Å². The zero-order chi connectivity index (χ0) is 14.2. The van der Waals surface area contributed by atoms with Gasteiger partial charge in [-0.25, -0.2) is 0 Å². The lowest BCUT2D eigenvalue weighted by Crippen LogP contribution is -2.64. The van der Waals surface area contributed by atoms with E-state index in [1.807, 2.05) is 66.9 Å². The predicted octanol–water partition coefficient (Wildman–Crippen LogP) is 4.07. The van der Waals surface area contributed by atoms with Crippen molar-refractivity contribution in [1.82, 2.24) is 0 Å². The topological polar surface area (TPSA) is 20.3 Å². The minimum Gasteiger partial charge on any atom is -0.299 e. The number of para-hydroxylation sites is 1. The monoisotopic (exact) mass is 303 g/mol. The molecule has 1 aliphatic rings. The Morgan fingerprint density at radius 2 is 1.60 bits per heavy atom. The number of β-lactam (4-membered cyclic amide) rings is 1. The molecule has 1 aliphatic heterocycles. The van der Waals surface area contributed by atoms with Gasteiger partial charge in [0.05, 0.1) is 6.04 Å². The third-order valence-corrected chi connectivity index (χ3v) is 5.39. The first-order valence-corrected chi connectivity index (χ1v) is 7.96. The van der Waals surface area contributed by atoms with Crippen molar-refractivity contribution < 1.29 is 4.79 Å². The molecule has 0 unspecified atom stereocenters. The molecule has 0 aromatic heterocycles. The maximum Gasteiger partial charge on any atom is 0.261 e. The molecule has 0 aliphatic carbocycles. The number of hydrogen-bond donors (Lipinski definition) is 0. The quantitative estimate of drug-likeness (QED) is 0.629. The van der Waals surface area contributed by atoms with Crippen molar-refractivity contribution in [3.8, 4) is 0 Å². The van der Waals surface area contributed by atoms with Crippen LogP contribution in [0.5, 0.6) is 0 Å². The highest BCUT2D eigenvalue weighted by atomic mass is 35.5. The van der Waals surface area contributed by atoms with Crippen LogP contribution in [0.25, 0.3) is 0 Å². The second-order valence-corrected chi connectivity index (χ2v) is 6.55. The summed E-state index contributed by atoms with van der Waals surface area (Å²) in [5.41, 5.74) is 1.94. The molecule has 2 atom stereocenters. The van der Waals surface area contributed by atoms with Crippen LogP contribution in [0, 0.1) is 0 Å². The second-order valence-electron chi connectivity index (χ2n) is 4.67. The van der Waals surface area contributed by atoms with Gasteiger partial charge in [-0.05, 0) is 24.0 Å². The zero-order valence-corrected chi connectivity index (χ0v) is 12.6. The van der Waals surface area contributed by atoms with Gasteiger partial charge in [0, 0.05) is 5.69 Å². The molecule has 4 heteroatoms. The van der Waals surface area contributed by atoms with E-state index in [0.29, 0.717) is 0 Å². The molecule has 2 aromatic carbocycles. The molecule has 0 spiro atoms. The molecule has 1 fully saturated rings. The van der Waals surface area contributed by atoms with Crippen LogP contribution in [0.2, 0.25) is 0 Å². The third kappa shape index (κ3) is 1.93. The van der Waals surface area contributed by atoms with Crippen molar-refractivity contribution in [3.05, 3.63) is 66.2 Å². The van der Waals surface area contributed by atoms with Crippen molar-refractivity contribution >= 4 is 35.0 Å². The number of hydrogen-bond acceptors (Lipinski definition) is 2. The molecule has 102 valence electrons. The van der Waals surface area contributed by atoms with E-state index in [1.165, 1.54) is 11.8 Å². The van der Waals surface area contributed by atoms with Crippen LogP contribution in [0.1, 0.15) is 11.6 Å². The fraction of sp³-hybridized carbons (Fsp3) is 0.188. The number of carbonyl (C=O) groups is 1. The fourth-order valence-corrected chi connectivity index (χ4v) is 3.60. The van der Waals surface area contributed by atoms with Crippen molar-refractivity contribution in [1.29, 1.82) is 0 Å². The number of benzene rings is 2. The van der Waals surface area contributed by atoms with Crippen LogP contribution in [0.3, 0.4) is 0 Å². The summed E-state index contributed by atoms with van der Waals surface area (Å²) in [6.07, 6.45) is 1.88. The van der Waals surface area contributed by atoms with Gasteiger partial charge in [0.15, 0.2) is 4.21 Å². The van der Waals surface area contributed by atoms with Crippen molar-refractivity contribution in [2.75, 3.05) is 11.2 Å². The molecule has 0 radical (unpaired) electrons. The maximum atomic E-state index is 12.5. The molecular weight excluding hydrogens is 290 g/mol. The molecular formula is C16H14ClNOS. The number of rotatable bonds is 3. The Morgan fingerprint density at radius 3 is 2.15 bits per heavy atom. The normalized spacial score (nSPS) is 25.4. The summed E-state index contributed by atoms with van der Waals surface area (Å²) >= 11 is 7.96. The zero-order valence-electron chi connectivity index (χ0n) is 11.0. The fourth-order valence-electron chi connectivity index (χ4n) is 2.55. The first-order chi connectivity index (χ1) is 9.68. The minimum absolute atomic E-state index is 0.0493. The Hall–Kier alpha value is -1.45. The van der Waals surface area contributed by atoms with Gasteiger partial charge in [-0.15, -0.1) is 11.8 Å². The van der Waals surface area contributed by atoms with Crippen LogP contribution in [0.4, 0.5) is 5.69 Å². The number of alkyl halides is 1. The molecule has 0 bridgehead atoms. The van der Waals surface area contributed by atoms with Crippen molar-refractivity contribution in [3.63, 3.8) is 0 Å². The standard InChI is InChI=1S/C16H14ClNOS/c1-20-16(17)14(12-8-4-2-5-9-12)18(15(16)19)13-10-6-3-7-11-13/h2-11,14H,1H3/t14-,16+/m1/s1. The first-order valence-electron chi connectivity index (χ1n) is 6.36. The van der Waals surface area contributed by atoms with E-state index in [-0.39, 0.29) is 11.9 Å². The second kappa shape index (κ2) is 5.15. The van der Waals surface area contributed by atoms with Crippen LogP contribution in [0.15, 0.2) is 60.7 Å². The van der Waals surface area contributed by atoms with Gasteiger partial charge in [-0.3, -0.25) is 9.69 Å². The van der Waals surface area contributed by atoms with E-state index in [9.17, 15) is 4.79 Å². The number of amides is 1. The van der Waals surface area contributed by atoms with Gasteiger partial charge in [-0.2, -0.15) is 0 Å². The largest absolute Gasteiger partial charge is 0.299 e. The highest BCUT2D eigenvalue weighted by Gasteiger charge is 2.60. The summed E-state index contributed by atoms with van der Waals surface area (Å²) in [4.78, 5) is 14.2. The number of anilines is 1. The highest BCUT2D eigenvalue weighted by Crippen LogP contribution is 2.55. The van der Waals surface area contributed by atoms with E-state index in [1.54, 1.807) is 4.90 Å². The summed E-state index contributed by atoms with van der Waals surface area (Å²) < 4.78 is -0.906. The number of nitrogens with zero attached hydrogens (tertiary/aromatic N) is 1. The summed E-state index contributed by atoms with van der Waals surface area (Å²) in [5, 5.41) is 0.